The Bertz CT molecular complexity index is 1290. The van der Waals surface area contributed by atoms with Gasteiger partial charge in [-0.25, -0.2) is 9.07 Å². The molecule has 8 nitrogen and oxygen atoms in total. The fourth-order valence-corrected chi connectivity index (χ4v) is 4.07. The fourth-order valence-electron chi connectivity index (χ4n) is 4.07. The van der Waals surface area contributed by atoms with Gasteiger partial charge in [-0.15, -0.1) is 0 Å². The Morgan fingerprint density at radius 2 is 1.71 bits per heavy atom. The summed E-state index contributed by atoms with van der Waals surface area (Å²) in [6.07, 6.45) is 1.58. The molecule has 34 heavy (non-hydrogen) atoms. The first-order valence-electron chi connectivity index (χ1n) is 11.2. The van der Waals surface area contributed by atoms with E-state index in [1.165, 1.54) is 17.7 Å². The van der Waals surface area contributed by atoms with Crippen molar-refractivity contribution >= 4 is 5.91 Å². The molecule has 174 valence electrons. The van der Waals surface area contributed by atoms with Crippen LogP contribution in [0.1, 0.15) is 27.5 Å². The number of amides is 1. The molecule has 2 aromatic carbocycles. The van der Waals surface area contributed by atoms with Crippen molar-refractivity contribution in [3.05, 3.63) is 83.3 Å². The van der Waals surface area contributed by atoms with Gasteiger partial charge in [0.2, 0.25) is 11.7 Å². The molecule has 1 aliphatic heterocycles. The zero-order valence-corrected chi connectivity index (χ0v) is 19.1. The predicted molar refractivity (Wildman–Crippen MR) is 124 cm³/mol. The zero-order valence-electron chi connectivity index (χ0n) is 19.1. The van der Waals surface area contributed by atoms with Gasteiger partial charge in [-0.1, -0.05) is 35.0 Å². The van der Waals surface area contributed by atoms with Gasteiger partial charge in [0.1, 0.15) is 5.82 Å². The van der Waals surface area contributed by atoms with Crippen LogP contribution in [0.3, 0.4) is 0 Å². The molecule has 0 atom stereocenters. The molecule has 0 radical (unpaired) electrons. The van der Waals surface area contributed by atoms with Gasteiger partial charge in [0.25, 0.3) is 5.91 Å². The highest BCUT2D eigenvalue weighted by atomic mass is 19.1. The fraction of sp³-hybridized carbons (Fsp3) is 0.280. The summed E-state index contributed by atoms with van der Waals surface area (Å²) in [5.74, 6) is 0.781. The first-order chi connectivity index (χ1) is 16.5. The monoisotopic (exact) mass is 460 g/mol. The summed E-state index contributed by atoms with van der Waals surface area (Å²) in [4.78, 5) is 21.7. The second kappa shape index (κ2) is 9.18. The lowest BCUT2D eigenvalue weighted by atomic mass is 10.1. The maximum absolute atomic E-state index is 13.2. The topological polar surface area (TPSA) is 80.3 Å². The molecule has 0 unspecified atom stereocenters. The van der Waals surface area contributed by atoms with Gasteiger partial charge in [-0.3, -0.25) is 9.69 Å². The van der Waals surface area contributed by atoms with Gasteiger partial charge in [-0.2, -0.15) is 10.1 Å². The molecule has 5 rings (SSSR count). The summed E-state index contributed by atoms with van der Waals surface area (Å²) >= 11 is 0. The second-order valence-electron chi connectivity index (χ2n) is 8.48. The van der Waals surface area contributed by atoms with Gasteiger partial charge >= 0.3 is 0 Å². The third kappa shape index (κ3) is 4.47. The van der Waals surface area contributed by atoms with E-state index < -0.39 is 0 Å². The van der Waals surface area contributed by atoms with E-state index >= 15 is 0 Å². The minimum absolute atomic E-state index is 0.0510. The van der Waals surface area contributed by atoms with E-state index in [-0.39, 0.29) is 11.7 Å². The van der Waals surface area contributed by atoms with Crippen molar-refractivity contribution in [3.8, 4) is 17.1 Å². The third-order valence-electron chi connectivity index (χ3n) is 6.11. The Morgan fingerprint density at radius 3 is 2.41 bits per heavy atom. The smallest absolute Gasteiger partial charge is 0.257 e. The van der Waals surface area contributed by atoms with Crippen LogP contribution in [-0.4, -0.2) is 61.8 Å². The lowest BCUT2D eigenvalue weighted by Gasteiger charge is -2.33. The van der Waals surface area contributed by atoms with E-state index in [0.29, 0.717) is 55.7 Å². The van der Waals surface area contributed by atoms with Crippen LogP contribution >= 0.6 is 0 Å². The standard InChI is InChI=1S/C25H25FN6O2/c1-17-3-5-19(6-4-17)24-28-23(34-29-24)16-30-11-13-31(14-12-30)25(33)22-15-27-32(18(22)2)21-9-7-20(26)8-10-21/h3-10,15H,11-14,16H2,1-2H3. The number of carbonyl (C=O) groups excluding carboxylic acids is 1. The van der Waals surface area contributed by atoms with Gasteiger partial charge < -0.3 is 9.42 Å². The van der Waals surface area contributed by atoms with E-state index in [0.717, 1.165) is 11.3 Å². The molecular weight excluding hydrogens is 435 g/mol. The molecule has 9 heteroatoms. The van der Waals surface area contributed by atoms with Crippen molar-refractivity contribution in [2.75, 3.05) is 26.2 Å². The van der Waals surface area contributed by atoms with Crippen molar-refractivity contribution in [2.45, 2.75) is 20.4 Å². The van der Waals surface area contributed by atoms with Gasteiger partial charge in [0.05, 0.1) is 29.7 Å². The Kier molecular flexibility index (Phi) is 5.93. The Balaban J connectivity index is 1.19. The van der Waals surface area contributed by atoms with Crippen LogP contribution in [0.15, 0.2) is 59.3 Å². The molecule has 4 aromatic rings. The number of aryl methyl sites for hydroxylation is 1. The van der Waals surface area contributed by atoms with Crippen molar-refractivity contribution < 1.29 is 13.7 Å². The minimum Gasteiger partial charge on any atom is -0.338 e. The van der Waals surface area contributed by atoms with Crippen LogP contribution in [0.25, 0.3) is 17.1 Å². The summed E-state index contributed by atoms with van der Waals surface area (Å²) in [5, 5.41) is 8.44. The molecule has 0 spiro atoms. The van der Waals surface area contributed by atoms with Crippen molar-refractivity contribution in [1.29, 1.82) is 0 Å². The number of rotatable bonds is 5. The average Bonchev–Trinajstić information content (AvgIpc) is 3.47. The maximum atomic E-state index is 13.2. The molecule has 3 heterocycles. The molecule has 1 saturated heterocycles. The maximum Gasteiger partial charge on any atom is 0.257 e. The number of nitrogens with zero attached hydrogens (tertiary/aromatic N) is 6. The van der Waals surface area contributed by atoms with Crippen molar-refractivity contribution in [3.63, 3.8) is 0 Å². The van der Waals surface area contributed by atoms with Crippen molar-refractivity contribution in [1.82, 2.24) is 29.7 Å². The van der Waals surface area contributed by atoms with Gasteiger partial charge in [-0.05, 0) is 38.1 Å². The van der Waals surface area contributed by atoms with Gasteiger partial charge in [0, 0.05) is 31.7 Å². The molecule has 1 aliphatic rings. The highest BCUT2D eigenvalue weighted by molar-refractivity contribution is 5.95. The number of carbonyl (C=O) groups is 1. The number of benzene rings is 2. The lowest BCUT2D eigenvalue weighted by Crippen LogP contribution is -2.48. The number of hydrogen-bond donors (Lipinski definition) is 0. The van der Waals surface area contributed by atoms with E-state index in [2.05, 4.69) is 20.1 Å². The SMILES string of the molecule is Cc1ccc(-c2noc(CN3CCN(C(=O)c4cnn(-c5ccc(F)cc5)c4C)CC3)n2)cc1. The highest BCUT2D eigenvalue weighted by Gasteiger charge is 2.26. The first-order valence-corrected chi connectivity index (χ1v) is 11.2. The Hall–Kier alpha value is -3.85. The summed E-state index contributed by atoms with van der Waals surface area (Å²) in [7, 11) is 0. The highest BCUT2D eigenvalue weighted by Crippen LogP contribution is 2.19. The van der Waals surface area contributed by atoms with Crippen molar-refractivity contribution in [2.24, 2.45) is 0 Å². The Morgan fingerprint density at radius 1 is 1.00 bits per heavy atom. The molecule has 1 fully saturated rings. The van der Waals surface area contributed by atoms with Crippen LogP contribution in [-0.2, 0) is 6.54 Å². The molecule has 2 aromatic heterocycles. The van der Waals surface area contributed by atoms with Crippen LogP contribution in [0.2, 0.25) is 0 Å². The third-order valence-corrected chi connectivity index (χ3v) is 6.11. The summed E-state index contributed by atoms with van der Waals surface area (Å²) < 4.78 is 20.3. The number of hydrogen-bond acceptors (Lipinski definition) is 6. The average molecular weight is 461 g/mol. The summed E-state index contributed by atoms with van der Waals surface area (Å²) in [6, 6.07) is 14.0. The number of piperazine rings is 1. The first kappa shape index (κ1) is 22.0. The van der Waals surface area contributed by atoms with Gasteiger partial charge in [0.15, 0.2) is 0 Å². The van der Waals surface area contributed by atoms with Crippen LogP contribution in [0.5, 0.6) is 0 Å². The normalized spacial score (nSPS) is 14.5. The quantitative estimate of drug-likeness (QED) is 0.453. The second-order valence-corrected chi connectivity index (χ2v) is 8.48. The molecular formula is C25H25FN6O2. The van der Waals surface area contributed by atoms with E-state index in [1.807, 2.05) is 43.0 Å². The Labute approximate surface area is 196 Å². The zero-order chi connectivity index (χ0) is 23.7. The molecule has 0 saturated carbocycles. The van der Waals surface area contributed by atoms with Crippen LogP contribution in [0, 0.1) is 19.7 Å². The largest absolute Gasteiger partial charge is 0.338 e. The predicted octanol–water partition coefficient (Wildman–Crippen LogP) is 3.64. The summed E-state index contributed by atoms with van der Waals surface area (Å²) in [6.45, 7) is 7.04. The molecule has 0 bridgehead atoms. The van der Waals surface area contributed by atoms with Crippen LogP contribution in [0.4, 0.5) is 4.39 Å². The molecule has 0 aliphatic carbocycles. The molecule has 0 N–H and O–H groups in total. The lowest BCUT2D eigenvalue weighted by molar-refractivity contribution is 0.0614. The summed E-state index contributed by atoms with van der Waals surface area (Å²) in [5.41, 5.74) is 4.10. The van der Waals surface area contributed by atoms with E-state index in [9.17, 15) is 9.18 Å². The van der Waals surface area contributed by atoms with E-state index in [1.54, 1.807) is 23.0 Å². The van der Waals surface area contributed by atoms with E-state index in [4.69, 9.17) is 4.52 Å². The minimum atomic E-state index is -0.311. The van der Waals surface area contributed by atoms with Crippen LogP contribution < -0.4 is 0 Å². The molecule has 1 amide bonds. The number of halogens is 1. The number of aromatic nitrogens is 4.